The van der Waals surface area contributed by atoms with E-state index in [4.69, 9.17) is 16.3 Å². The number of carbonyl (C=O) groups is 1. The Morgan fingerprint density at radius 3 is 2.68 bits per heavy atom. The van der Waals surface area contributed by atoms with Crippen LogP contribution in [0.1, 0.15) is 28.9 Å². The van der Waals surface area contributed by atoms with Crippen molar-refractivity contribution in [3.63, 3.8) is 0 Å². The van der Waals surface area contributed by atoms with Gasteiger partial charge in [0.15, 0.2) is 5.78 Å². The monoisotopic (exact) mass is 293 g/mol. The molecule has 1 aromatic rings. The second-order valence-corrected chi connectivity index (χ2v) is 4.67. The van der Waals surface area contributed by atoms with Gasteiger partial charge in [0.2, 0.25) is 0 Å². The van der Waals surface area contributed by atoms with Crippen LogP contribution in [0.3, 0.4) is 0 Å². The molecule has 0 amide bonds. The van der Waals surface area contributed by atoms with Gasteiger partial charge in [0, 0.05) is 12.5 Å². The average Bonchev–Trinajstić information content (AvgIpc) is 2.38. The highest BCUT2D eigenvalue weighted by Gasteiger charge is 2.34. The van der Waals surface area contributed by atoms with Crippen molar-refractivity contribution >= 4 is 17.4 Å². The van der Waals surface area contributed by atoms with Gasteiger partial charge < -0.3 is 4.74 Å². The number of alkyl halides is 3. The van der Waals surface area contributed by atoms with E-state index in [9.17, 15) is 18.0 Å². The third kappa shape index (κ3) is 3.25. The van der Waals surface area contributed by atoms with E-state index in [2.05, 4.69) is 4.98 Å². The maximum absolute atomic E-state index is 12.4. The summed E-state index contributed by atoms with van der Waals surface area (Å²) in [6.45, 7) is 0.874. The summed E-state index contributed by atoms with van der Waals surface area (Å²) in [6, 6.07) is 1.85. The van der Waals surface area contributed by atoms with Crippen LogP contribution in [0.5, 0.6) is 0 Å². The molecule has 0 spiro atoms. The summed E-state index contributed by atoms with van der Waals surface area (Å²) in [5, 5.41) is -0.412. The van der Waals surface area contributed by atoms with Crippen molar-refractivity contribution in [1.29, 1.82) is 0 Å². The lowest BCUT2D eigenvalue weighted by Gasteiger charge is -2.21. The number of pyridine rings is 1. The van der Waals surface area contributed by atoms with Crippen LogP contribution in [0, 0.1) is 5.92 Å². The molecule has 1 fully saturated rings. The fourth-order valence-electron chi connectivity index (χ4n) is 1.94. The zero-order chi connectivity index (χ0) is 14.0. The normalized spacial score (nSPS) is 20.3. The Balaban J connectivity index is 2.23. The van der Waals surface area contributed by atoms with Crippen molar-refractivity contribution in [3.05, 3.63) is 28.5 Å². The van der Waals surface area contributed by atoms with Crippen molar-refractivity contribution in [1.82, 2.24) is 4.98 Å². The van der Waals surface area contributed by atoms with Crippen molar-refractivity contribution in [2.24, 2.45) is 5.92 Å². The van der Waals surface area contributed by atoms with Gasteiger partial charge in [0.25, 0.3) is 0 Å². The van der Waals surface area contributed by atoms with Gasteiger partial charge in [0.05, 0.1) is 12.2 Å². The van der Waals surface area contributed by atoms with E-state index in [1.807, 2.05) is 0 Å². The van der Waals surface area contributed by atoms with E-state index in [1.54, 1.807) is 0 Å². The van der Waals surface area contributed by atoms with Gasteiger partial charge in [0.1, 0.15) is 10.8 Å². The van der Waals surface area contributed by atoms with Crippen LogP contribution in [0.25, 0.3) is 0 Å². The third-order valence-corrected chi connectivity index (χ3v) is 3.22. The van der Waals surface area contributed by atoms with Crippen LogP contribution in [0.4, 0.5) is 13.2 Å². The Morgan fingerprint density at radius 2 is 2.16 bits per heavy atom. The van der Waals surface area contributed by atoms with Gasteiger partial charge in [-0.25, -0.2) is 4.98 Å². The minimum atomic E-state index is -4.57. The number of rotatable bonds is 2. The molecule has 0 N–H and O–H groups in total. The van der Waals surface area contributed by atoms with Crippen molar-refractivity contribution in [2.75, 3.05) is 13.2 Å². The predicted molar refractivity (Wildman–Crippen MR) is 62.1 cm³/mol. The van der Waals surface area contributed by atoms with Crippen LogP contribution in [-0.2, 0) is 10.9 Å². The largest absolute Gasteiger partial charge is 0.433 e. The number of halogens is 4. The molecule has 0 bridgehead atoms. The van der Waals surface area contributed by atoms with Crippen LogP contribution in [0.2, 0.25) is 5.15 Å². The minimum Gasteiger partial charge on any atom is -0.381 e. The molecule has 1 atom stereocenters. The van der Waals surface area contributed by atoms with E-state index in [0.29, 0.717) is 13.0 Å². The topological polar surface area (TPSA) is 39.2 Å². The summed E-state index contributed by atoms with van der Waals surface area (Å²) < 4.78 is 42.5. The number of hydrogen-bond acceptors (Lipinski definition) is 3. The molecule has 2 rings (SSSR count). The summed E-state index contributed by atoms with van der Waals surface area (Å²) in [5.41, 5.74) is -1.08. The molecule has 1 aliphatic rings. The predicted octanol–water partition coefficient (Wildman–Crippen LogP) is 3.36. The molecule has 0 aromatic carbocycles. The fraction of sp³-hybridized carbons (Fsp3) is 0.500. The summed E-state index contributed by atoms with van der Waals surface area (Å²) in [4.78, 5) is 15.3. The molecule has 19 heavy (non-hydrogen) atoms. The van der Waals surface area contributed by atoms with Crippen molar-refractivity contribution < 1.29 is 22.7 Å². The van der Waals surface area contributed by atoms with Crippen LogP contribution < -0.4 is 0 Å². The van der Waals surface area contributed by atoms with E-state index in [-0.39, 0.29) is 23.9 Å². The molecular weight excluding hydrogens is 283 g/mol. The maximum Gasteiger partial charge on any atom is 0.433 e. The summed E-state index contributed by atoms with van der Waals surface area (Å²) in [5.74, 6) is -0.671. The number of hydrogen-bond donors (Lipinski definition) is 0. The third-order valence-electron chi connectivity index (χ3n) is 2.94. The molecule has 0 radical (unpaired) electrons. The number of ether oxygens (including phenoxy) is 1. The first-order valence-electron chi connectivity index (χ1n) is 5.75. The number of aromatic nitrogens is 1. The lowest BCUT2D eigenvalue weighted by atomic mass is 9.93. The lowest BCUT2D eigenvalue weighted by Crippen LogP contribution is -2.26. The molecule has 7 heteroatoms. The molecule has 0 saturated carbocycles. The van der Waals surface area contributed by atoms with Crippen LogP contribution in [-0.4, -0.2) is 24.0 Å². The summed E-state index contributed by atoms with van der Waals surface area (Å²) >= 11 is 5.68. The van der Waals surface area contributed by atoms with Gasteiger partial charge in [-0.3, -0.25) is 4.79 Å². The quantitative estimate of drug-likeness (QED) is 0.620. The van der Waals surface area contributed by atoms with Gasteiger partial charge >= 0.3 is 6.18 Å². The molecule has 1 unspecified atom stereocenters. The Morgan fingerprint density at radius 1 is 1.42 bits per heavy atom. The Kier molecular flexibility index (Phi) is 4.10. The second kappa shape index (κ2) is 5.46. The van der Waals surface area contributed by atoms with E-state index in [0.717, 1.165) is 18.6 Å². The molecule has 104 valence electrons. The molecule has 3 nitrogen and oxygen atoms in total. The maximum atomic E-state index is 12.4. The highest BCUT2D eigenvalue weighted by molar-refractivity contribution is 6.32. The highest BCUT2D eigenvalue weighted by atomic mass is 35.5. The number of nitrogens with zero attached hydrogens (tertiary/aromatic N) is 1. The first kappa shape index (κ1) is 14.3. The fourth-order valence-corrected chi connectivity index (χ4v) is 2.19. The zero-order valence-electron chi connectivity index (χ0n) is 9.84. The van der Waals surface area contributed by atoms with Crippen molar-refractivity contribution in [3.8, 4) is 0 Å². The zero-order valence-corrected chi connectivity index (χ0v) is 10.6. The van der Waals surface area contributed by atoms with Gasteiger partial charge in [-0.2, -0.15) is 13.2 Å². The van der Waals surface area contributed by atoms with E-state index in [1.165, 1.54) is 0 Å². The Bertz CT molecular complexity index is 484. The number of carbonyl (C=O) groups excluding carboxylic acids is 1. The molecule has 1 saturated heterocycles. The average molecular weight is 294 g/mol. The number of Topliss-reactive ketones (excluding diaryl/α,β-unsaturated/α-hetero) is 1. The molecule has 1 aromatic heterocycles. The van der Waals surface area contributed by atoms with E-state index >= 15 is 0 Å². The second-order valence-electron chi connectivity index (χ2n) is 4.31. The highest BCUT2D eigenvalue weighted by Crippen LogP contribution is 2.30. The van der Waals surface area contributed by atoms with Gasteiger partial charge in [-0.1, -0.05) is 11.6 Å². The smallest absolute Gasteiger partial charge is 0.381 e. The van der Waals surface area contributed by atoms with Gasteiger partial charge in [-0.05, 0) is 25.0 Å². The van der Waals surface area contributed by atoms with Crippen LogP contribution >= 0.6 is 11.6 Å². The molecule has 2 heterocycles. The van der Waals surface area contributed by atoms with Crippen molar-refractivity contribution in [2.45, 2.75) is 19.0 Å². The van der Waals surface area contributed by atoms with Gasteiger partial charge in [-0.15, -0.1) is 0 Å². The Hall–Kier alpha value is -1.14. The van der Waals surface area contributed by atoms with E-state index < -0.39 is 17.0 Å². The van der Waals surface area contributed by atoms with Crippen LogP contribution in [0.15, 0.2) is 12.1 Å². The summed E-state index contributed by atoms with van der Waals surface area (Å²) in [6.07, 6.45) is -3.17. The SMILES string of the molecule is O=C(c1ccc(C(F)(F)F)nc1Cl)C1CCCOC1. The first-order valence-corrected chi connectivity index (χ1v) is 6.13. The standard InChI is InChI=1S/C12H11ClF3NO2/c13-11-8(3-4-9(17-11)12(14,15)16)10(18)7-2-1-5-19-6-7/h3-4,7H,1-2,5-6H2. The number of ketones is 1. The minimum absolute atomic E-state index is 0.0187. The molecule has 0 aliphatic carbocycles. The first-order chi connectivity index (χ1) is 8.89. The Labute approximate surface area is 112 Å². The lowest BCUT2D eigenvalue weighted by molar-refractivity contribution is -0.141. The summed E-state index contributed by atoms with van der Waals surface area (Å²) in [7, 11) is 0. The molecular formula is C12H11ClF3NO2. The molecule has 1 aliphatic heterocycles.